The number of nitrogens with one attached hydrogen (secondary N) is 1. The second-order valence-electron chi connectivity index (χ2n) is 0.913. The standard InChI is InChI=1S/C2H7NO2.BH3O3/c4-1-3-2-5;2-1(3)4/h3-5H,1-2H2;2-4H. The molecule has 6 N–H and O–H groups in total. The minimum atomic E-state index is -2.17. The van der Waals surface area contributed by atoms with Crippen molar-refractivity contribution < 1.29 is 25.3 Å². The van der Waals surface area contributed by atoms with Crippen LogP contribution < -0.4 is 5.32 Å². The molecule has 0 aliphatic heterocycles. The van der Waals surface area contributed by atoms with Crippen molar-refractivity contribution in [1.29, 1.82) is 0 Å². The van der Waals surface area contributed by atoms with Gasteiger partial charge in [0.05, 0.1) is 13.5 Å². The third kappa shape index (κ3) is 79.7. The Bertz CT molecular complexity index is 39.2. The number of rotatable bonds is 2. The minimum absolute atomic E-state index is 0.156. The second-order valence-corrected chi connectivity index (χ2v) is 0.913. The lowest BCUT2D eigenvalue weighted by atomic mass is 10.3. The van der Waals surface area contributed by atoms with Crippen molar-refractivity contribution in [2.75, 3.05) is 13.5 Å². The molecule has 0 aromatic heterocycles. The average Bonchev–Trinajstić information content (AvgIpc) is 1.66. The van der Waals surface area contributed by atoms with E-state index in [0.29, 0.717) is 0 Å². The number of hydrogen-bond acceptors (Lipinski definition) is 6. The van der Waals surface area contributed by atoms with Crippen molar-refractivity contribution in [3.8, 4) is 0 Å². The molecule has 9 heavy (non-hydrogen) atoms. The maximum atomic E-state index is 7.80. The smallest absolute Gasteiger partial charge is 0.402 e. The summed E-state index contributed by atoms with van der Waals surface area (Å²) in [7, 11) is -2.17. The molecule has 56 valence electrons. The fourth-order valence-electron chi connectivity index (χ4n) is 0.0500. The molecule has 0 aliphatic carbocycles. The Morgan fingerprint density at radius 1 is 1.00 bits per heavy atom. The van der Waals surface area contributed by atoms with E-state index >= 15 is 0 Å². The molecular weight excluding hydrogens is 129 g/mol. The van der Waals surface area contributed by atoms with Crippen LogP contribution in [0.15, 0.2) is 0 Å². The topological polar surface area (TPSA) is 113 Å². The van der Waals surface area contributed by atoms with Gasteiger partial charge in [0.15, 0.2) is 0 Å². The van der Waals surface area contributed by atoms with Gasteiger partial charge in [-0.25, -0.2) is 0 Å². The van der Waals surface area contributed by atoms with Crippen LogP contribution in [0.3, 0.4) is 0 Å². The van der Waals surface area contributed by atoms with Crippen LogP contribution >= 0.6 is 0 Å². The highest BCUT2D eigenvalue weighted by Crippen LogP contribution is 1.40. The zero-order valence-corrected chi connectivity index (χ0v) is 4.73. The zero-order chi connectivity index (χ0) is 7.70. The van der Waals surface area contributed by atoms with Crippen molar-refractivity contribution in [2.24, 2.45) is 0 Å². The summed E-state index contributed by atoms with van der Waals surface area (Å²) >= 11 is 0. The molecule has 0 spiro atoms. The predicted octanol–water partition coefficient (Wildman–Crippen LogP) is -3.58. The van der Waals surface area contributed by atoms with E-state index in [0.717, 1.165) is 0 Å². The summed E-state index contributed by atoms with van der Waals surface area (Å²) in [6.45, 7) is -0.312. The molecule has 0 saturated carbocycles. The molecule has 0 amide bonds. The Morgan fingerprint density at radius 3 is 1.22 bits per heavy atom. The average molecular weight is 139 g/mol. The van der Waals surface area contributed by atoms with Crippen LogP contribution in [-0.4, -0.2) is 46.1 Å². The Kier molecular flexibility index (Phi) is 13.8. The molecular formula is C2H10BNO5. The van der Waals surface area contributed by atoms with Crippen LogP contribution in [0.1, 0.15) is 0 Å². The second kappa shape index (κ2) is 10.7. The third-order valence-electron chi connectivity index (χ3n) is 0.224. The van der Waals surface area contributed by atoms with E-state index < -0.39 is 7.32 Å². The lowest BCUT2D eigenvalue weighted by molar-refractivity contribution is 0.185. The molecule has 0 heterocycles. The minimum Gasteiger partial charge on any atom is -0.402 e. The highest BCUT2D eigenvalue weighted by atomic mass is 16.5. The van der Waals surface area contributed by atoms with Crippen molar-refractivity contribution in [1.82, 2.24) is 5.32 Å². The van der Waals surface area contributed by atoms with Crippen LogP contribution in [0.2, 0.25) is 0 Å². The van der Waals surface area contributed by atoms with Gasteiger partial charge in [-0.2, -0.15) is 0 Å². The maximum absolute atomic E-state index is 7.80. The monoisotopic (exact) mass is 139 g/mol. The van der Waals surface area contributed by atoms with Gasteiger partial charge in [-0.1, -0.05) is 0 Å². The summed E-state index contributed by atoms with van der Waals surface area (Å²) in [6, 6.07) is 0. The van der Waals surface area contributed by atoms with Gasteiger partial charge in [0.2, 0.25) is 0 Å². The van der Waals surface area contributed by atoms with Gasteiger partial charge < -0.3 is 25.3 Å². The normalized spacial score (nSPS) is 7.67. The summed E-state index contributed by atoms with van der Waals surface area (Å²) in [6.07, 6.45) is 0. The number of aliphatic hydroxyl groups excluding tert-OH is 2. The Labute approximate surface area is 52.6 Å². The van der Waals surface area contributed by atoms with Gasteiger partial charge in [0, 0.05) is 0 Å². The third-order valence-corrected chi connectivity index (χ3v) is 0.224. The molecule has 0 aromatic carbocycles. The first-order valence-electron chi connectivity index (χ1n) is 2.11. The summed E-state index contributed by atoms with van der Waals surface area (Å²) in [5.41, 5.74) is 0. The van der Waals surface area contributed by atoms with Gasteiger partial charge >= 0.3 is 7.32 Å². The number of aliphatic hydroxyl groups is 2. The summed E-state index contributed by atoms with van der Waals surface area (Å²) in [5, 5.41) is 39.3. The van der Waals surface area contributed by atoms with Crippen LogP contribution in [0, 0.1) is 0 Å². The van der Waals surface area contributed by atoms with Crippen molar-refractivity contribution in [3.05, 3.63) is 0 Å². The summed E-state index contributed by atoms with van der Waals surface area (Å²) < 4.78 is 0. The van der Waals surface area contributed by atoms with Gasteiger partial charge in [0.1, 0.15) is 0 Å². The molecule has 0 radical (unpaired) electrons. The summed E-state index contributed by atoms with van der Waals surface area (Å²) in [5.74, 6) is 0. The summed E-state index contributed by atoms with van der Waals surface area (Å²) in [4.78, 5) is 0. The van der Waals surface area contributed by atoms with Crippen molar-refractivity contribution in [3.63, 3.8) is 0 Å². The lowest BCUT2D eigenvalue weighted by Crippen LogP contribution is -2.14. The van der Waals surface area contributed by atoms with Crippen LogP contribution in [0.25, 0.3) is 0 Å². The van der Waals surface area contributed by atoms with Crippen LogP contribution in [0.5, 0.6) is 0 Å². The van der Waals surface area contributed by atoms with E-state index in [2.05, 4.69) is 5.32 Å². The number of hydrogen-bond donors (Lipinski definition) is 6. The van der Waals surface area contributed by atoms with Crippen molar-refractivity contribution >= 4 is 7.32 Å². The first kappa shape index (κ1) is 11.6. The molecule has 6 nitrogen and oxygen atoms in total. The first-order valence-corrected chi connectivity index (χ1v) is 2.11. The van der Waals surface area contributed by atoms with E-state index in [4.69, 9.17) is 25.3 Å². The van der Waals surface area contributed by atoms with E-state index in [-0.39, 0.29) is 13.5 Å². The van der Waals surface area contributed by atoms with Gasteiger partial charge in [0.25, 0.3) is 0 Å². The highest BCUT2D eigenvalue weighted by Gasteiger charge is 1.92. The van der Waals surface area contributed by atoms with E-state index in [9.17, 15) is 0 Å². The van der Waals surface area contributed by atoms with Gasteiger partial charge in [-0.15, -0.1) is 0 Å². The first-order chi connectivity index (χ1) is 4.15. The van der Waals surface area contributed by atoms with Crippen LogP contribution in [0.4, 0.5) is 0 Å². The zero-order valence-electron chi connectivity index (χ0n) is 4.73. The molecule has 7 heteroatoms. The SMILES string of the molecule is OB(O)O.OCNCO. The largest absolute Gasteiger partial charge is 0.631 e. The molecule has 0 saturated heterocycles. The van der Waals surface area contributed by atoms with E-state index in [1.165, 1.54) is 0 Å². The molecule has 0 aromatic rings. The molecule has 0 bridgehead atoms. The quantitative estimate of drug-likeness (QED) is 0.174. The van der Waals surface area contributed by atoms with Crippen LogP contribution in [-0.2, 0) is 0 Å². The lowest BCUT2D eigenvalue weighted by Gasteiger charge is -1.85. The van der Waals surface area contributed by atoms with E-state index in [1.807, 2.05) is 0 Å². The molecule has 0 aliphatic rings. The fourth-order valence-corrected chi connectivity index (χ4v) is 0.0500. The Balaban J connectivity index is 0. The maximum Gasteiger partial charge on any atom is 0.631 e. The Morgan fingerprint density at radius 2 is 1.22 bits per heavy atom. The van der Waals surface area contributed by atoms with E-state index in [1.54, 1.807) is 0 Å². The fraction of sp³-hybridized carbons (Fsp3) is 1.00. The highest BCUT2D eigenvalue weighted by molar-refractivity contribution is 6.30. The Hall–Kier alpha value is -0.175. The van der Waals surface area contributed by atoms with Gasteiger partial charge in [-0.05, 0) is 0 Å². The predicted molar refractivity (Wildman–Crippen MR) is 29.7 cm³/mol. The molecule has 0 atom stereocenters. The van der Waals surface area contributed by atoms with Crippen molar-refractivity contribution in [2.45, 2.75) is 0 Å². The van der Waals surface area contributed by atoms with Gasteiger partial charge in [-0.3, -0.25) is 5.32 Å². The molecule has 0 unspecified atom stereocenters. The molecule has 0 rings (SSSR count). The molecule has 0 fully saturated rings.